The Labute approximate surface area is 95.4 Å². The number of hydrogen-bond acceptors (Lipinski definition) is 2. The summed E-state index contributed by atoms with van der Waals surface area (Å²) in [6, 6.07) is 0. The van der Waals surface area contributed by atoms with Crippen molar-refractivity contribution in [2.45, 2.75) is 31.0 Å². The molecule has 0 fully saturated rings. The van der Waals surface area contributed by atoms with E-state index in [-0.39, 0.29) is 0 Å². The van der Waals surface area contributed by atoms with Gasteiger partial charge in [0.2, 0.25) is 0 Å². The van der Waals surface area contributed by atoms with Crippen molar-refractivity contribution in [1.82, 2.24) is 9.97 Å². The quantitative estimate of drug-likeness (QED) is 0.799. The van der Waals surface area contributed by atoms with Crippen LogP contribution in [-0.4, -0.2) is 14.8 Å². The normalized spacial score (nSPS) is 15.4. The molecule has 0 aromatic carbocycles. The van der Waals surface area contributed by atoms with Gasteiger partial charge >= 0.3 is 0 Å². The van der Waals surface area contributed by atoms with Crippen LogP contribution in [0.3, 0.4) is 0 Å². The van der Waals surface area contributed by atoms with Gasteiger partial charge in [0.1, 0.15) is 5.82 Å². The van der Waals surface area contributed by atoms with E-state index in [1.807, 2.05) is 0 Å². The Morgan fingerprint density at radius 1 is 1.38 bits per heavy atom. The Morgan fingerprint density at radius 2 is 1.92 bits per heavy atom. The first-order valence-electron chi connectivity index (χ1n) is 4.26. The number of hydrogen-bond donors (Lipinski definition) is 0. The van der Waals surface area contributed by atoms with Crippen molar-refractivity contribution in [2.24, 2.45) is 0 Å². The first-order valence-corrected chi connectivity index (χ1v) is 5.97. The molecule has 1 aromatic heterocycles. The maximum Gasteiger partial charge on any atom is 0.132 e. The van der Waals surface area contributed by atoms with Crippen molar-refractivity contribution in [3.63, 3.8) is 0 Å². The highest BCUT2D eigenvalue weighted by molar-refractivity contribution is 9.10. The van der Waals surface area contributed by atoms with Crippen molar-refractivity contribution in [1.29, 1.82) is 0 Å². The van der Waals surface area contributed by atoms with Gasteiger partial charge in [-0.1, -0.05) is 29.8 Å². The van der Waals surface area contributed by atoms with Gasteiger partial charge in [0, 0.05) is 23.1 Å². The molecule has 4 heteroatoms. The Bertz CT molecular complexity index is 259. The highest BCUT2D eigenvalue weighted by Gasteiger charge is 2.17. The smallest absolute Gasteiger partial charge is 0.132 e. The molecule has 0 spiro atoms. The summed E-state index contributed by atoms with van der Waals surface area (Å²) in [7, 11) is 0. The van der Waals surface area contributed by atoms with Gasteiger partial charge in [-0.3, -0.25) is 0 Å². The van der Waals surface area contributed by atoms with Crippen molar-refractivity contribution >= 4 is 31.9 Å². The lowest BCUT2D eigenvalue weighted by atomic mass is 10.0. The highest BCUT2D eigenvalue weighted by atomic mass is 79.9. The molecule has 1 rings (SSSR count). The fraction of sp³-hybridized carbons (Fsp3) is 0.556. The third kappa shape index (κ3) is 3.02. The summed E-state index contributed by atoms with van der Waals surface area (Å²) in [5.74, 6) is 1.31. The molecule has 0 amide bonds. The van der Waals surface area contributed by atoms with Gasteiger partial charge in [-0.15, -0.1) is 0 Å². The molecule has 0 saturated carbocycles. The summed E-state index contributed by atoms with van der Waals surface area (Å²) in [6.07, 6.45) is 4.63. The fourth-order valence-electron chi connectivity index (χ4n) is 1.23. The zero-order valence-electron chi connectivity index (χ0n) is 7.67. The molecule has 2 nitrogen and oxygen atoms in total. The van der Waals surface area contributed by atoms with E-state index in [9.17, 15) is 0 Å². The second-order valence-electron chi connectivity index (χ2n) is 2.95. The van der Waals surface area contributed by atoms with Crippen LogP contribution in [0.4, 0.5) is 0 Å². The van der Waals surface area contributed by atoms with E-state index in [1.165, 1.54) is 0 Å². The van der Waals surface area contributed by atoms with Crippen LogP contribution in [0.25, 0.3) is 0 Å². The largest absolute Gasteiger partial charge is 0.240 e. The third-order valence-corrected chi connectivity index (χ3v) is 3.01. The number of rotatable bonds is 3. The summed E-state index contributed by atoms with van der Waals surface area (Å²) < 4.78 is 0.924. The lowest BCUT2D eigenvalue weighted by Crippen LogP contribution is -2.11. The Morgan fingerprint density at radius 3 is 2.31 bits per heavy atom. The fourth-order valence-corrected chi connectivity index (χ4v) is 2.04. The summed E-state index contributed by atoms with van der Waals surface area (Å²) in [4.78, 5) is 8.98. The SMILES string of the molecule is CCC(c1ncc(Br)cn1)C(C)Br. The molecule has 72 valence electrons. The van der Waals surface area contributed by atoms with Crippen LogP contribution < -0.4 is 0 Å². The molecule has 0 bridgehead atoms. The van der Waals surface area contributed by atoms with Gasteiger partial charge in [-0.05, 0) is 22.4 Å². The molecule has 0 aliphatic rings. The highest BCUT2D eigenvalue weighted by Crippen LogP contribution is 2.25. The van der Waals surface area contributed by atoms with Gasteiger partial charge in [0.15, 0.2) is 0 Å². The first kappa shape index (κ1) is 11.1. The van der Waals surface area contributed by atoms with Crippen LogP contribution in [-0.2, 0) is 0 Å². The molecule has 1 aromatic rings. The van der Waals surface area contributed by atoms with E-state index in [1.54, 1.807) is 12.4 Å². The minimum absolute atomic E-state index is 0.396. The van der Waals surface area contributed by atoms with E-state index >= 15 is 0 Å². The van der Waals surface area contributed by atoms with Gasteiger partial charge in [-0.25, -0.2) is 9.97 Å². The topological polar surface area (TPSA) is 25.8 Å². The molecule has 1 heterocycles. The molecule has 2 atom stereocenters. The van der Waals surface area contributed by atoms with Crippen LogP contribution in [0.1, 0.15) is 32.0 Å². The van der Waals surface area contributed by atoms with Gasteiger partial charge < -0.3 is 0 Å². The molecule has 0 saturated heterocycles. The second kappa shape index (κ2) is 5.05. The number of alkyl halides is 1. The summed E-state index contributed by atoms with van der Waals surface area (Å²) in [5.41, 5.74) is 0. The Kier molecular flexibility index (Phi) is 4.32. The number of halogens is 2. The molecule has 13 heavy (non-hydrogen) atoms. The van der Waals surface area contributed by atoms with E-state index < -0.39 is 0 Å². The van der Waals surface area contributed by atoms with Crippen molar-refractivity contribution in [2.75, 3.05) is 0 Å². The van der Waals surface area contributed by atoms with E-state index in [0.29, 0.717) is 10.7 Å². The summed E-state index contributed by atoms with van der Waals surface area (Å²) in [6.45, 7) is 4.27. The maximum absolute atomic E-state index is 4.28. The Hall–Kier alpha value is 0.0400. The van der Waals surface area contributed by atoms with Gasteiger partial charge in [0.25, 0.3) is 0 Å². The molecule has 2 unspecified atom stereocenters. The first-order chi connectivity index (χ1) is 6.15. The zero-order chi connectivity index (χ0) is 9.84. The predicted molar refractivity (Wildman–Crippen MR) is 61.2 cm³/mol. The summed E-state index contributed by atoms with van der Waals surface area (Å²) >= 11 is 6.88. The molecule has 0 radical (unpaired) electrons. The minimum atomic E-state index is 0.396. The van der Waals surface area contributed by atoms with Crippen LogP contribution in [0.5, 0.6) is 0 Å². The monoisotopic (exact) mass is 306 g/mol. The predicted octanol–water partition coefficient (Wildman–Crippen LogP) is 3.52. The lowest BCUT2D eigenvalue weighted by Gasteiger charge is -2.15. The van der Waals surface area contributed by atoms with Crippen molar-refractivity contribution in [3.05, 3.63) is 22.7 Å². The van der Waals surface area contributed by atoms with Crippen molar-refractivity contribution in [3.8, 4) is 0 Å². The number of nitrogens with zero attached hydrogens (tertiary/aromatic N) is 2. The second-order valence-corrected chi connectivity index (χ2v) is 5.31. The van der Waals surface area contributed by atoms with Crippen LogP contribution in [0.2, 0.25) is 0 Å². The van der Waals surface area contributed by atoms with Crippen LogP contribution in [0, 0.1) is 0 Å². The van der Waals surface area contributed by atoms with Crippen molar-refractivity contribution < 1.29 is 0 Å². The molecular weight excluding hydrogens is 296 g/mol. The summed E-state index contributed by atoms with van der Waals surface area (Å²) in [5, 5.41) is 0. The molecule has 0 N–H and O–H groups in total. The average Bonchev–Trinajstić information content (AvgIpc) is 2.09. The standard InChI is InChI=1S/C9H12Br2N2/c1-3-8(6(2)10)9-12-4-7(11)5-13-9/h4-6,8H,3H2,1-2H3. The maximum atomic E-state index is 4.28. The minimum Gasteiger partial charge on any atom is -0.240 e. The Balaban J connectivity index is 2.86. The van der Waals surface area contributed by atoms with Crippen LogP contribution in [0.15, 0.2) is 16.9 Å². The lowest BCUT2D eigenvalue weighted by molar-refractivity contribution is 0.619. The average molecular weight is 308 g/mol. The zero-order valence-corrected chi connectivity index (χ0v) is 10.8. The molecule has 0 aliphatic heterocycles. The van der Waals surface area contributed by atoms with E-state index in [0.717, 1.165) is 16.7 Å². The van der Waals surface area contributed by atoms with Crippen LogP contribution >= 0.6 is 31.9 Å². The van der Waals surface area contributed by atoms with Gasteiger partial charge in [-0.2, -0.15) is 0 Å². The number of aromatic nitrogens is 2. The molecular formula is C9H12Br2N2. The van der Waals surface area contributed by atoms with E-state index in [4.69, 9.17) is 0 Å². The third-order valence-electron chi connectivity index (χ3n) is 1.97. The van der Waals surface area contributed by atoms with E-state index in [2.05, 4.69) is 55.7 Å². The van der Waals surface area contributed by atoms with Gasteiger partial charge in [0.05, 0.1) is 4.47 Å². The molecule has 0 aliphatic carbocycles.